The van der Waals surface area contributed by atoms with Crippen molar-refractivity contribution in [1.29, 1.82) is 0 Å². The summed E-state index contributed by atoms with van der Waals surface area (Å²) in [6.45, 7) is 3.91. The van der Waals surface area contributed by atoms with Crippen molar-refractivity contribution in [2.45, 2.75) is 12.8 Å². The summed E-state index contributed by atoms with van der Waals surface area (Å²) in [4.78, 5) is 14.4. The number of amides is 1. The van der Waals surface area contributed by atoms with E-state index in [0.717, 1.165) is 42.6 Å². The minimum Gasteiger partial charge on any atom is -0.338 e. The average molecular weight is 309 g/mol. The lowest BCUT2D eigenvalue weighted by atomic mass is 9.98. The average Bonchev–Trinajstić information content (AvgIpc) is 2.85. The van der Waals surface area contributed by atoms with E-state index in [0.29, 0.717) is 5.92 Å². The molecule has 0 spiro atoms. The Morgan fingerprint density at radius 3 is 3.11 bits per heavy atom. The SMILES string of the molecule is O=C1c2ccc(Br)cc2CCN1CC1CCNC1. The topological polar surface area (TPSA) is 32.3 Å². The van der Waals surface area contributed by atoms with Crippen molar-refractivity contribution < 1.29 is 4.79 Å². The van der Waals surface area contributed by atoms with Gasteiger partial charge in [-0.3, -0.25) is 4.79 Å². The number of nitrogens with one attached hydrogen (secondary N) is 1. The van der Waals surface area contributed by atoms with E-state index in [-0.39, 0.29) is 5.91 Å². The molecule has 3 rings (SSSR count). The smallest absolute Gasteiger partial charge is 0.254 e. The van der Waals surface area contributed by atoms with E-state index in [1.807, 2.05) is 17.0 Å². The minimum atomic E-state index is 0.204. The van der Waals surface area contributed by atoms with Crippen molar-refractivity contribution in [3.63, 3.8) is 0 Å². The lowest BCUT2D eigenvalue weighted by Gasteiger charge is -2.30. The highest BCUT2D eigenvalue weighted by atomic mass is 79.9. The summed E-state index contributed by atoms with van der Waals surface area (Å²) in [6.07, 6.45) is 2.16. The Balaban J connectivity index is 1.76. The van der Waals surface area contributed by atoms with Crippen LogP contribution in [-0.4, -0.2) is 37.0 Å². The van der Waals surface area contributed by atoms with Crippen LogP contribution in [0, 0.1) is 5.92 Å². The van der Waals surface area contributed by atoms with Crippen molar-refractivity contribution >= 4 is 21.8 Å². The van der Waals surface area contributed by atoms with E-state index < -0.39 is 0 Å². The van der Waals surface area contributed by atoms with E-state index >= 15 is 0 Å². The van der Waals surface area contributed by atoms with E-state index in [4.69, 9.17) is 0 Å². The fourth-order valence-electron chi connectivity index (χ4n) is 2.86. The maximum atomic E-state index is 12.4. The monoisotopic (exact) mass is 308 g/mol. The quantitative estimate of drug-likeness (QED) is 0.907. The first-order chi connectivity index (χ1) is 8.74. The summed E-state index contributed by atoms with van der Waals surface area (Å²) >= 11 is 3.46. The van der Waals surface area contributed by atoms with Crippen LogP contribution < -0.4 is 5.32 Å². The van der Waals surface area contributed by atoms with Crippen LogP contribution in [0.2, 0.25) is 0 Å². The molecule has 0 aromatic heterocycles. The van der Waals surface area contributed by atoms with Gasteiger partial charge in [0.1, 0.15) is 0 Å². The van der Waals surface area contributed by atoms with Gasteiger partial charge in [-0.1, -0.05) is 15.9 Å². The van der Waals surface area contributed by atoms with Crippen LogP contribution in [0.3, 0.4) is 0 Å². The second-order valence-electron chi connectivity index (χ2n) is 5.16. The van der Waals surface area contributed by atoms with Gasteiger partial charge in [-0.15, -0.1) is 0 Å². The Hall–Kier alpha value is -0.870. The largest absolute Gasteiger partial charge is 0.338 e. The number of fused-ring (bicyclic) bond motifs is 1. The van der Waals surface area contributed by atoms with E-state index in [1.165, 1.54) is 12.0 Å². The number of carbonyl (C=O) groups excluding carboxylic acids is 1. The molecule has 2 aliphatic heterocycles. The summed E-state index contributed by atoms with van der Waals surface area (Å²) in [5.41, 5.74) is 2.06. The Morgan fingerprint density at radius 1 is 1.44 bits per heavy atom. The molecule has 2 aliphatic rings. The molecule has 4 heteroatoms. The van der Waals surface area contributed by atoms with E-state index in [1.54, 1.807) is 0 Å². The molecule has 1 amide bonds. The van der Waals surface area contributed by atoms with E-state index in [9.17, 15) is 4.79 Å². The molecule has 1 N–H and O–H groups in total. The highest BCUT2D eigenvalue weighted by Gasteiger charge is 2.27. The maximum absolute atomic E-state index is 12.4. The Kier molecular flexibility index (Phi) is 3.39. The van der Waals surface area contributed by atoms with Crippen molar-refractivity contribution in [2.24, 2.45) is 5.92 Å². The number of nitrogens with zero attached hydrogens (tertiary/aromatic N) is 1. The molecule has 96 valence electrons. The Labute approximate surface area is 116 Å². The second kappa shape index (κ2) is 5.02. The second-order valence-corrected chi connectivity index (χ2v) is 6.08. The third kappa shape index (κ3) is 2.31. The summed E-state index contributed by atoms with van der Waals surface area (Å²) in [7, 11) is 0. The molecule has 1 atom stereocenters. The lowest BCUT2D eigenvalue weighted by Crippen LogP contribution is -2.41. The molecule has 0 radical (unpaired) electrons. The predicted octanol–water partition coefficient (Wildman–Crippen LogP) is 2.06. The number of rotatable bonds is 2. The van der Waals surface area contributed by atoms with Gasteiger partial charge >= 0.3 is 0 Å². The number of hydrogen-bond acceptors (Lipinski definition) is 2. The van der Waals surface area contributed by atoms with Crippen molar-refractivity contribution in [1.82, 2.24) is 10.2 Å². The first-order valence-corrected chi connectivity index (χ1v) is 7.32. The molecule has 1 saturated heterocycles. The fraction of sp³-hybridized carbons (Fsp3) is 0.500. The molecule has 18 heavy (non-hydrogen) atoms. The standard InChI is InChI=1S/C14H17BrN2O/c15-12-1-2-13-11(7-12)4-6-17(14(13)18)9-10-3-5-16-8-10/h1-2,7,10,16H,3-6,8-9H2. The lowest BCUT2D eigenvalue weighted by molar-refractivity contribution is 0.0716. The zero-order chi connectivity index (χ0) is 12.5. The van der Waals surface area contributed by atoms with Gasteiger partial charge < -0.3 is 10.2 Å². The zero-order valence-electron chi connectivity index (χ0n) is 10.3. The third-order valence-corrected chi connectivity index (χ3v) is 4.37. The molecule has 0 bridgehead atoms. The molecule has 1 aromatic rings. The van der Waals surface area contributed by atoms with Gasteiger partial charge in [-0.2, -0.15) is 0 Å². The molecule has 1 unspecified atom stereocenters. The molecule has 1 fully saturated rings. The van der Waals surface area contributed by atoms with Crippen LogP contribution in [0.15, 0.2) is 22.7 Å². The van der Waals surface area contributed by atoms with Crippen LogP contribution in [0.25, 0.3) is 0 Å². The molecule has 2 heterocycles. The van der Waals surface area contributed by atoms with Crippen LogP contribution in [0.1, 0.15) is 22.3 Å². The third-order valence-electron chi connectivity index (χ3n) is 3.88. The molecule has 0 aliphatic carbocycles. The summed E-state index contributed by atoms with van der Waals surface area (Å²) < 4.78 is 1.06. The molecular weight excluding hydrogens is 292 g/mol. The van der Waals surface area contributed by atoms with Gasteiger partial charge in [0, 0.05) is 23.1 Å². The fourth-order valence-corrected chi connectivity index (χ4v) is 3.27. The van der Waals surface area contributed by atoms with Crippen LogP contribution in [-0.2, 0) is 6.42 Å². The first kappa shape index (κ1) is 12.2. The van der Waals surface area contributed by atoms with Gasteiger partial charge in [0.15, 0.2) is 0 Å². The zero-order valence-corrected chi connectivity index (χ0v) is 11.9. The minimum absolute atomic E-state index is 0.204. The van der Waals surface area contributed by atoms with Gasteiger partial charge in [-0.25, -0.2) is 0 Å². The van der Waals surface area contributed by atoms with E-state index in [2.05, 4.69) is 27.3 Å². The Bertz CT molecular complexity index is 469. The van der Waals surface area contributed by atoms with Crippen molar-refractivity contribution in [2.75, 3.05) is 26.2 Å². The van der Waals surface area contributed by atoms with Crippen molar-refractivity contribution in [3.05, 3.63) is 33.8 Å². The number of halogens is 1. The van der Waals surface area contributed by atoms with Gasteiger partial charge in [0.05, 0.1) is 0 Å². The molecular formula is C14H17BrN2O. The first-order valence-electron chi connectivity index (χ1n) is 6.52. The Morgan fingerprint density at radius 2 is 2.33 bits per heavy atom. The summed E-state index contributed by atoms with van der Waals surface area (Å²) in [6, 6.07) is 5.97. The summed E-state index contributed by atoms with van der Waals surface area (Å²) in [5.74, 6) is 0.835. The van der Waals surface area contributed by atoms with Gasteiger partial charge in [0.25, 0.3) is 5.91 Å². The molecule has 0 saturated carbocycles. The summed E-state index contributed by atoms with van der Waals surface area (Å²) in [5, 5.41) is 3.36. The van der Waals surface area contributed by atoms with Crippen LogP contribution >= 0.6 is 15.9 Å². The maximum Gasteiger partial charge on any atom is 0.254 e. The predicted molar refractivity (Wildman–Crippen MR) is 74.7 cm³/mol. The number of carbonyl (C=O) groups is 1. The number of hydrogen-bond donors (Lipinski definition) is 1. The molecule has 3 nitrogen and oxygen atoms in total. The van der Waals surface area contributed by atoms with Crippen LogP contribution in [0.5, 0.6) is 0 Å². The van der Waals surface area contributed by atoms with Crippen molar-refractivity contribution in [3.8, 4) is 0 Å². The number of benzene rings is 1. The normalized spacial score (nSPS) is 23.3. The molecule has 1 aromatic carbocycles. The highest BCUT2D eigenvalue weighted by molar-refractivity contribution is 9.10. The highest BCUT2D eigenvalue weighted by Crippen LogP contribution is 2.24. The van der Waals surface area contributed by atoms with Gasteiger partial charge in [-0.05, 0) is 55.6 Å². The van der Waals surface area contributed by atoms with Crippen LogP contribution in [0.4, 0.5) is 0 Å². The van der Waals surface area contributed by atoms with Gasteiger partial charge in [0.2, 0.25) is 0 Å².